The minimum absolute atomic E-state index is 0.204. The number of benzene rings is 1. The highest BCUT2D eigenvalue weighted by Crippen LogP contribution is 2.13. The first-order chi connectivity index (χ1) is 8.65. The van der Waals surface area contributed by atoms with Gasteiger partial charge in [0.15, 0.2) is 11.0 Å². The van der Waals surface area contributed by atoms with Crippen LogP contribution in [0, 0.1) is 0 Å². The van der Waals surface area contributed by atoms with Crippen molar-refractivity contribution in [1.29, 1.82) is 0 Å². The summed E-state index contributed by atoms with van der Waals surface area (Å²) >= 11 is 11.5. The third-order valence-electron chi connectivity index (χ3n) is 2.39. The highest BCUT2D eigenvalue weighted by Gasteiger charge is 2.09. The zero-order valence-corrected chi connectivity index (χ0v) is 11.0. The van der Waals surface area contributed by atoms with Crippen molar-refractivity contribution in [2.24, 2.45) is 0 Å². The number of carbonyl (C=O) groups is 1. The summed E-state index contributed by atoms with van der Waals surface area (Å²) in [4.78, 5) is 11.6. The maximum Gasteiger partial charge on any atom is 0.287 e. The fourth-order valence-corrected chi connectivity index (χ4v) is 1.90. The van der Waals surface area contributed by atoms with E-state index in [2.05, 4.69) is 5.32 Å². The molecule has 0 aliphatic rings. The van der Waals surface area contributed by atoms with Crippen molar-refractivity contribution in [2.75, 3.05) is 6.54 Å². The van der Waals surface area contributed by atoms with Gasteiger partial charge in [-0.1, -0.05) is 23.7 Å². The van der Waals surface area contributed by atoms with Crippen molar-refractivity contribution in [1.82, 2.24) is 5.32 Å². The maximum atomic E-state index is 11.6. The van der Waals surface area contributed by atoms with Crippen LogP contribution in [0.25, 0.3) is 0 Å². The molecule has 0 unspecified atom stereocenters. The Bertz CT molecular complexity index is 551. The first-order valence-corrected chi connectivity index (χ1v) is 6.19. The second kappa shape index (κ2) is 5.94. The van der Waals surface area contributed by atoms with Crippen LogP contribution in [-0.4, -0.2) is 12.5 Å². The molecular weight excluding hydrogens is 273 g/mol. The van der Waals surface area contributed by atoms with E-state index in [1.54, 1.807) is 0 Å². The summed E-state index contributed by atoms with van der Waals surface area (Å²) in [7, 11) is 0. The van der Waals surface area contributed by atoms with Gasteiger partial charge in [0.25, 0.3) is 5.91 Å². The molecule has 1 heterocycles. The van der Waals surface area contributed by atoms with Gasteiger partial charge in [0, 0.05) is 11.6 Å². The van der Waals surface area contributed by atoms with E-state index in [0.717, 1.165) is 5.56 Å². The fraction of sp³-hybridized carbons (Fsp3) is 0.154. The Morgan fingerprint density at radius 3 is 2.72 bits per heavy atom. The molecule has 3 nitrogen and oxygen atoms in total. The Balaban J connectivity index is 1.84. The van der Waals surface area contributed by atoms with Gasteiger partial charge in [-0.2, -0.15) is 0 Å². The average molecular weight is 284 g/mol. The molecule has 1 aromatic heterocycles. The summed E-state index contributed by atoms with van der Waals surface area (Å²) < 4.78 is 5.00. The van der Waals surface area contributed by atoms with Crippen LogP contribution in [0.4, 0.5) is 0 Å². The van der Waals surface area contributed by atoms with E-state index < -0.39 is 0 Å². The van der Waals surface area contributed by atoms with Gasteiger partial charge in [-0.15, -0.1) is 0 Å². The van der Waals surface area contributed by atoms with Crippen LogP contribution in [0.5, 0.6) is 0 Å². The van der Waals surface area contributed by atoms with Crippen molar-refractivity contribution in [3.63, 3.8) is 0 Å². The van der Waals surface area contributed by atoms with Gasteiger partial charge >= 0.3 is 0 Å². The van der Waals surface area contributed by atoms with E-state index in [9.17, 15) is 4.79 Å². The number of halogens is 2. The van der Waals surface area contributed by atoms with E-state index in [-0.39, 0.29) is 16.9 Å². The average Bonchev–Trinajstić information content (AvgIpc) is 2.76. The molecule has 0 spiro atoms. The van der Waals surface area contributed by atoms with Gasteiger partial charge in [-0.3, -0.25) is 4.79 Å². The second-order valence-electron chi connectivity index (χ2n) is 3.74. The van der Waals surface area contributed by atoms with E-state index in [1.807, 2.05) is 24.3 Å². The smallest absolute Gasteiger partial charge is 0.287 e. The van der Waals surface area contributed by atoms with E-state index in [4.69, 9.17) is 27.6 Å². The molecule has 5 heteroatoms. The third kappa shape index (κ3) is 3.52. The van der Waals surface area contributed by atoms with Crippen LogP contribution >= 0.6 is 23.2 Å². The summed E-state index contributed by atoms with van der Waals surface area (Å²) in [5.41, 5.74) is 1.07. The number of hydrogen-bond donors (Lipinski definition) is 1. The highest BCUT2D eigenvalue weighted by atomic mass is 35.5. The fourth-order valence-electron chi connectivity index (χ4n) is 1.54. The van der Waals surface area contributed by atoms with Crippen LogP contribution in [0.2, 0.25) is 10.2 Å². The van der Waals surface area contributed by atoms with Gasteiger partial charge in [-0.05, 0) is 47.9 Å². The minimum Gasteiger partial charge on any atom is -0.440 e. The van der Waals surface area contributed by atoms with Gasteiger partial charge in [0.1, 0.15) is 0 Å². The van der Waals surface area contributed by atoms with E-state index >= 15 is 0 Å². The highest BCUT2D eigenvalue weighted by molar-refractivity contribution is 6.30. The van der Waals surface area contributed by atoms with Crippen LogP contribution in [-0.2, 0) is 6.42 Å². The molecular formula is C13H11Cl2NO2. The lowest BCUT2D eigenvalue weighted by molar-refractivity contribution is 0.0926. The predicted octanol–water partition coefficient (Wildman–Crippen LogP) is 3.56. The monoisotopic (exact) mass is 283 g/mol. The van der Waals surface area contributed by atoms with Gasteiger partial charge in [-0.25, -0.2) is 0 Å². The molecule has 0 bridgehead atoms. The molecule has 1 aromatic carbocycles. The lowest BCUT2D eigenvalue weighted by atomic mass is 10.1. The molecule has 2 rings (SSSR count). The topological polar surface area (TPSA) is 42.2 Å². The lowest BCUT2D eigenvalue weighted by Gasteiger charge is -2.03. The Morgan fingerprint density at radius 2 is 2.06 bits per heavy atom. The molecule has 0 aliphatic heterocycles. The summed E-state index contributed by atoms with van der Waals surface area (Å²) in [5, 5.41) is 3.64. The predicted molar refractivity (Wildman–Crippen MR) is 71.2 cm³/mol. The first-order valence-electron chi connectivity index (χ1n) is 5.43. The van der Waals surface area contributed by atoms with Crippen LogP contribution < -0.4 is 5.32 Å². The van der Waals surface area contributed by atoms with Crippen LogP contribution in [0.15, 0.2) is 40.8 Å². The van der Waals surface area contributed by atoms with Crippen LogP contribution in [0.1, 0.15) is 16.1 Å². The molecule has 0 radical (unpaired) electrons. The van der Waals surface area contributed by atoms with Gasteiger partial charge < -0.3 is 9.73 Å². The van der Waals surface area contributed by atoms with E-state index in [1.165, 1.54) is 12.1 Å². The second-order valence-corrected chi connectivity index (χ2v) is 4.55. The Morgan fingerprint density at radius 1 is 1.22 bits per heavy atom. The van der Waals surface area contributed by atoms with Crippen molar-refractivity contribution in [3.05, 3.63) is 58.0 Å². The number of amides is 1. The summed E-state index contributed by atoms with van der Waals surface area (Å²) in [5.74, 6) is -0.0602. The standard InChI is InChI=1S/C13H11Cl2NO2/c14-10-3-1-2-9(8-10)6-7-16-13(17)11-4-5-12(15)18-11/h1-5,8H,6-7H2,(H,16,17). The number of hydrogen-bond acceptors (Lipinski definition) is 2. The third-order valence-corrected chi connectivity index (χ3v) is 2.82. The molecule has 0 atom stereocenters. The maximum absolute atomic E-state index is 11.6. The quantitative estimate of drug-likeness (QED) is 0.932. The molecule has 1 N–H and O–H groups in total. The molecule has 18 heavy (non-hydrogen) atoms. The largest absolute Gasteiger partial charge is 0.440 e. The number of rotatable bonds is 4. The Hall–Kier alpha value is -1.45. The zero-order valence-electron chi connectivity index (χ0n) is 9.45. The van der Waals surface area contributed by atoms with Crippen LogP contribution in [0.3, 0.4) is 0 Å². The molecule has 0 saturated carbocycles. The molecule has 1 amide bonds. The Labute approximate surface area is 115 Å². The SMILES string of the molecule is O=C(NCCc1cccc(Cl)c1)c1ccc(Cl)o1. The lowest BCUT2D eigenvalue weighted by Crippen LogP contribution is -2.25. The number of carbonyl (C=O) groups excluding carboxylic acids is 1. The first kappa shape index (κ1) is 13.0. The summed E-state index contributed by atoms with van der Waals surface area (Å²) in [6.07, 6.45) is 0.709. The van der Waals surface area contributed by atoms with Crippen molar-refractivity contribution < 1.29 is 9.21 Å². The van der Waals surface area contributed by atoms with Gasteiger partial charge in [0.05, 0.1) is 0 Å². The Kier molecular flexibility index (Phi) is 4.28. The van der Waals surface area contributed by atoms with E-state index in [0.29, 0.717) is 18.0 Å². The molecule has 2 aromatic rings. The number of furan rings is 1. The molecule has 94 valence electrons. The summed E-state index contributed by atoms with van der Waals surface area (Å²) in [6, 6.07) is 10.6. The van der Waals surface area contributed by atoms with Crippen molar-refractivity contribution in [3.8, 4) is 0 Å². The zero-order chi connectivity index (χ0) is 13.0. The molecule has 0 aliphatic carbocycles. The molecule has 0 saturated heterocycles. The summed E-state index contributed by atoms with van der Waals surface area (Å²) in [6.45, 7) is 0.511. The van der Waals surface area contributed by atoms with Crippen molar-refractivity contribution >= 4 is 29.1 Å². The number of nitrogens with one attached hydrogen (secondary N) is 1. The normalized spacial score (nSPS) is 10.3. The van der Waals surface area contributed by atoms with Gasteiger partial charge in [0.2, 0.25) is 0 Å². The van der Waals surface area contributed by atoms with Crippen molar-refractivity contribution in [2.45, 2.75) is 6.42 Å². The molecule has 0 fully saturated rings. The minimum atomic E-state index is -0.274.